The lowest BCUT2D eigenvalue weighted by Crippen LogP contribution is -2.31. The largest absolute Gasteiger partial charge is 0.393 e. The van der Waals surface area contributed by atoms with Gasteiger partial charge in [0.1, 0.15) is 0 Å². The highest BCUT2D eigenvalue weighted by Crippen LogP contribution is 2.21. The predicted molar refractivity (Wildman–Crippen MR) is 78.6 cm³/mol. The van der Waals surface area contributed by atoms with Crippen LogP contribution in [0, 0.1) is 20.8 Å². The van der Waals surface area contributed by atoms with Crippen molar-refractivity contribution in [3.63, 3.8) is 0 Å². The number of urea groups is 1. The van der Waals surface area contributed by atoms with E-state index in [1.165, 1.54) is 5.56 Å². The van der Waals surface area contributed by atoms with Crippen molar-refractivity contribution in [2.45, 2.75) is 46.6 Å². The van der Waals surface area contributed by atoms with Gasteiger partial charge < -0.3 is 15.7 Å². The predicted octanol–water partition coefficient (Wildman–Crippen LogP) is 2.89. The van der Waals surface area contributed by atoms with E-state index < -0.39 is 0 Å². The molecule has 0 fully saturated rings. The minimum atomic E-state index is -0.344. The van der Waals surface area contributed by atoms with Gasteiger partial charge in [0.25, 0.3) is 0 Å². The number of nitrogens with one attached hydrogen (secondary N) is 2. The molecule has 19 heavy (non-hydrogen) atoms. The second-order valence-electron chi connectivity index (χ2n) is 5.01. The van der Waals surface area contributed by atoms with Gasteiger partial charge in [0.15, 0.2) is 0 Å². The molecule has 4 nitrogen and oxygen atoms in total. The van der Waals surface area contributed by atoms with E-state index in [-0.39, 0.29) is 12.1 Å². The lowest BCUT2D eigenvalue weighted by molar-refractivity contribution is 0.160. The summed E-state index contributed by atoms with van der Waals surface area (Å²) < 4.78 is 0. The standard InChI is InChI=1S/C15H24N2O2/c1-5-13(18)6-7-16-15(19)17-14-11(3)8-10(2)9-12(14)4/h8-9,13,18H,5-7H2,1-4H3,(H2,16,17,19). The number of carbonyl (C=O) groups excluding carboxylic acids is 1. The highest BCUT2D eigenvalue weighted by atomic mass is 16.3. The Labute approximate surface area is 115 Å². The van der Waals surface area contributed by atoms with Crippen molar-refractivity contribution in [1.82, 2.24) is 5.32 Å². The topological polar surface area (TPSA) is 61.4 Å². The number of carbonyl (C=O) groups is 1. The van der Waals surface area contributed by atoms with Gasteiger partial charge in [-0.15, -0.1) is 0 Å². The summed E-state index contributed by atoms with van der Waals surface area (Å²) >= 11 is 0. The van der Waals surface area contributed by atoms with Gasteiger partial charge in [-0.1, -0.05) is 24.6 Å². The smallest absolute Gasteiger partial charge is 0.319 e. The van der Waals surface area contributed by atoms with Gasteiger partial charge in [-0.05, 0) is 44.7 Å². The van der Waals surface area contributed by atoms with Crippen molar-refractivity contribution in [2.24, 2.45) is 0 Å². The third-order valence-corrected chi connectivity index (χ3v) is 3.15. The Morgan fingerprint density at radius 2 is 1.84 bits per heavy atom. The van der Waals surface area contributed by atoms with E-state index in [4.69, 9.17) is 0 Å². The van der Waals surface area contributed by atoms with Crippen LogP contribution in [0.3, 0.4) is 0 Å². The molecule has 0 saturated heterocycles. The van der Waals surface area contributed by atoms with E-state index in [1.54, 1.807) is 0 Å². The molecule has 1 aromatic carbocycles. The van der Waals surface area contributed by atoms with Crippen LogP contribution >= 0.6 is 0 Å². The molecule has 1 unspecified atom stereocenters. The first-order valence-electron chi connectivity index (χ1n) is 6.74. The maximum atomic E-state index is 11.8. The SMILES string of the molecule is CCC(O)CCNC(=O)Nc1c(C)cc(C)cc1C. The lowest BCUT2D eigenvalue weighted by atomic mass is 10.1. The zero-order chi connectivity index (χ0) is 14.4. The van der Waals surface area contributed by atoms with Crippen molar-refractivity contribution in [2.75, 3.05) is 11.9 Å². The van der Waals surface area contributed by atoms with Crippen LogP contribution in [0.4, 0.5) is 10.5 Å². The van der Waals surface area contributed by atoms with Crippen LogP contribution < -0.4 is 10.6 Å². The molecule has 0 aliphatic carbocycles. The summed E-state index contributed by atoms with van der Waals surface area (Å²) in [5, 5.41) is 15.0. The van der Waals surface area contributed by atoms with Crippen molar-refractivity contribution in [1.29, 1.82) is 0 Å². The summed E-state index contributed by atoms with van der Waals surface area (Å²) in [5.41, 5.74) is 4.16. The van der Waals surface area contributed by atoms with Crippen LogP contribution in [0.5, 0.6) is 0 Å². The summed E-state index contributed by atoms with van der Waals surface area (Å²) in [6.07, 6.45) is 0.943. The fraction of sp³-hybridized carbons (Fsp3) is 0.533. The number of aliphatic hydroxyl groups is 1. The second kappa shape index (κ2) is 7.14. The molecule has 0 saturated carbocycles. The van der Waals surface area contributed by atoms with E-state index in [0.717, 1.165) is 16.8 Å². The molecule has 0 spiro atoms. The highest BCUT2D eigenvalue weighted by Gasteiger charge is 2.08. The fourth-order valence-electron chi connectivity index (χ4n) is 2.09. The zero-order valence-corrected chi connectivity index (χ0v) is 12.2. The zero-order valence-electron chi connectivity index (χ0n) is 12.2. The Balaban J connectivity index is 2.53. The van der Waals surface area contributed by atoms with Gasteiger partial charge in [-0.25, -0.2) is 4.79 Å². The molecule has 1 rings (SSSR count). The summed E-state index contributed by atoms with van der Waals surface area (Å²) in [6, 6.07) is 3.87. The van der Waals surface area contributed by atoms with Gasteiger partial charge in [0.2, 0.25) is 0 Å². The summed E-state index contributed by atoms with van der Waals surface area (Å²) in [6.45, 7) is 8.40. The third kappa shape index (κ3) is 4.91. The third-order valence-electron chi connectivity index (χ3n) is 3.15. The Morgan fingerprint density at radius 3 is 2.37 bits per heavy atom. The summed E-state index contributed by atoms with van der Waals surface area (Å²) in [4.78, 5) is 11.8. The summed E-state index contributed by atoms with van der Waals surface area (Å²) in [5.74, 6) is 0. The Morgan fingerprint density at radius 1 is 1.26 bits per heavy atom. The van der Waals surface area contributed by atoms with Crippen molar-refractivity contribution in [3.8, 4) is 0 Å². The number of hydrogen-bond acceptors (Lipinski definition) is 2. The van der Waals surface area contributed by atoms with Crippen LogP contribution in [0.1, 0.15) is 36.5 Å². The van der Waals surface area contributed by atoms with Crippen molar-refractivity contribution < 1.29 is 9.90 Å². The van der Waals surface area contributed by atoms with Crippen LogP contribution in [0.15, 0.2) is 12.1 Å². The Bertz CT molecular complexity index is 421. The maximum absolute atomic E-state index is 11.8. The van der Waals surface area contributed by atoms with Gasteiger partial charge in [0.05, 0.1) is 6.10 Å². The van der Waals surface area contributed by atoms with Gasteiger partial charge in [-0.3, -0.25) is 0 Å². The first kappa shape index (κ1) is 15.5. The molecule has 0 radical (unpaired) electrons. The van der Waals surface area contributed by atoms with E-state index in [2.05, 4.69) is 10.6 Å². The second-order valence-corrected chi connectivity index (χ2v) is 5.01. The number of hydrogen-bond donors (Lipinski definition) is 3. The number of aliphatic hydroxyl groups excluding tert-OH is 1. The molecule has 0 aliphatic rings. The number of aryl methyl sites for hydroxylation is 3. The number of rotatable bonds is 5. The number of amides is 2. The monoisotopic (exact) mass is 264 g/mol. The molecule has 3 N–H and O–H groups in total. The van der Waals surface area contributed by atoms with Gasteiger partial charge >= 0.3 is 6.03 Å². The molecule has 2 amide bonds. The van der Waals surface area contributed by atoms with Crippen molar-refractivity contribution >= 4 is 11.7 Å². The molecule has 0 aliphatic heterocycles. The normalized spacial score (nSPS) is 12.1. The first-order chi connectivity index (χ1) is 8.93. The van der Waals surface area contributed by atoms with Crippen LogP contribution in [-0.2, 0) is 0 Å². The molecule has 1 aromatic rings. The average Bonchev–Trinajstić information content (AvgIpc) is 2.33. The summed E-state index contributed by atoms with van der Waals surface area (Å²) in [7, 11) is 0. The minimum absolute atomic E-state index is 0.224. The average molecular weight is 264 g/mol. The molecule has 0 bridgehead atoms. The lowest BCUT2D eigenvalue weighted by Gasteiger charge is -2.14. The Hall–Kier alpha value is -1.55. The van der Waals surface area contributed by atoms with Crippen LogP contribution in [-0.4, -0.2) is 23.8 Å². The Kier molecular flexibility index (Phi) is 5.83. The van der Waals surface area contributed by atoms with E-state index >= 15 is 0 Å². The highest BCUT2D eigenvalue weighted by molar-refractivity contribution is 5.91. The fourth-order valence-corrected chi connectivity index (χ4v) is 2.09. The van der Waals surface area contributed by atoms with E-state index in [9.17, 15) is 9.90 Å². The molecule has 106 valence electrons. The molecule has 0 aromatic heterocycles. The quantitative estimate of drug-likeness (QED) is 0.765. The molecule has 1 atom stereocenters. The number of benzene rings is 1. The molecule has 4 heteroatoms. The molecule has 0 heterocycles. The van der Waals surface area contributed by atoms with E-state index in [1.807, 2.05) is 39.8 Å². The van der Waals surface area contributed by atoms with Gasteiger partial charge in [0, 0.05) is 12.2 Å². The van der Waals surface area contributed by atoms with Gasteiger partial charge in [-0.2, -0.15) is 0 Å². The van der Waals surface area contributed by atoms with Crippen LogP contribution in [0.25, 0.3) is 0 Å². The van der Waals surface area contributed by atoms with Crippen LogP contribution in [0.2, 0.25) is 0 Å². The maximum Gasteiger partial charge on any atom is 0.319 e. The molecular weight excluding hydrogens is 240 g/mol. The van der Waals surface area contributed by atoms with E-state index in [0.29, 0.717) is 19.4 Å². The number of anilines is 1. The van der Waals surface area contributed by atoms with Crippen molar-refractivity contribution in [3.05, 3.63) is 28.8 Å². The first-order valence-corrected chi connectivity index (χ1v) is 6.74. The molecular formula is C15H24N2O2. The minimum Gasteiger partial charge on any atom is -0.393 e.